The summed E-state index contributed by atoms with van der Waals surface area (Å²) >= 11 is 0. The zero-order valence-corrected chi connectivity index (χ0v) is 13.4. The van der Waals surface area contributed by atoms with Crippen molar-refractivity contribution in [2.45, 2.75) is 45.1 Å². The molecule has 0 aromatic carbocycles. The third kappa shape index (κ3) is 4.24. The summed E-state index contributed by atoms with van der Waals surface area (Å²) < 4.78 is 5.27. The molecule has 2 amide bonds. The highest BCUT2D eigenvalue weighted by atomic mass is 16.3. The highest BCUT2D eigenvalue weighted by Crippen LogP contribution is 2.21. The second-order valence-electron chi connectivity index (χ2n) is 6.40. The molecule has 124 valence electrons. The number of nitrogens with zero attached hydrogens (tertiary/aromatic N) is 1. The lowest BCUT2D eigenvalue weighted by Crippen LogP contribution is -2.33. The molecule has 1 aromatic heterocycles. The number of allylic oxidation sites excluding steroid dienone is 1. The minimum absolute atomic E-state index is 0.00305. The first-order valence-electron chi connectivity index (χ1n) is 8.48. The van der Waals surface area contributed by atoms with Crippen LogP contribution < -0.4 is 5.32 Å². The molecule has 1 unspecified atom stereocenters. The highest BCUT2D eigenvalue weighted by molar-refractivity contribution is 5.89. The predicted molar refractivity (Wildman–Crippen MR) is 86.4 cm³/mol. The fourth-order valence-corrected chi connectivity index (χ4v) is 3.31. The Morgan fingerprint density at radius 3 is 3.04 bits per heavy atom. The van der Waals surface area contributed by atoms with E-state index < -0.39 is 0 Å². The molecule has 2 aliphatic rings. The number of nitrogens with one attached hydrogen (secondary N) is 1. The van der Waals surface area contributed by atoms with Crippen molar-refractivity contribution in [3.63, 3.8) is 0 Å². The van der Waals surface area contributed by atoms with E-state index in [1.165, 1.54) is 24.8 Å². The SMILES string of the molecule is O=C(NCCC1=CCCCC1)C1CC(=O)N(Cc2ccco2)C1. The van der Waals surface area contributed by atoms with Gasteiger partial charge in [0.15, 0.2) is 0 Å². The van der Waals surface area contributed by atoms with Crippen LogP contribution in [0.15, 0.2) is 34.5 Å². The van der Waals surface area contributed by atoms with Gasteiger partial charge in [0.2, 0.25) is 11.8 Å². The fraction of sp³-hybridized carbons (Fsp3) is 0.556. The Bertz CT molecular complexity index is 577. The molecule has 0 radical (unpaired) electrons. The molecule has 23 heavy (non-hydrogen) atoms. The molecule has 1 saturated heterocycles. The maximum Gasteiger partial charge on any atom is 0.225 e. The second kappa shape index (κ2) is 7.49. The lowest BCUT2D eigenvalue weighted by atomic mass is 9.97. The van der Waals surface area contributed by atoms with Gasteiger partial charge in [0, 0.05) is 19.5 Å². The summed E-state index contributed by atoms with van der Waals surface area (Å²) in [6.07, 6.45) is 10.0. The van der Waals surface area contributed by atoms with Crippen molar-refractivity contribution in [3.05, 3.63) is 35.8 Å². The van der Waals surface area contributed by atoms with Crippen LogP contribution in [0.2, 0.25) is 0 Å². The molecular weight excluding hydrogens is 292 g/mol. The molecule has 1 fully saturated rings. The minimum Gasteiger partial charge on any atom is -0.467 e. The average molecular weight is 316 g/mol. The third-order valence-corrected chi connectivity index (χ3v) is 4.64. The quantitative estimate of drug-likeness (QED) is 0.821. The topological polar surface area (TPSA) is 62.6 Å². The van der Waals surface area contributed by atoms with Crippen molar-refractivity contribution in [1.29, 1.82) is 0 Å². The molecule has 3 rings (SSSR count). The lowest BCUT2D eigenvalue weighted by molar-refractivity contribution is -0.129. The van der Waals surface area contributed by atoms with E-state index in [2.05, 4.69) is 11.4 Å². The lowest BCUT2D eigenvalue weighted by Gasteiger charge is -2.16. The molecule has 0 bridgehead atoms. The first kappa shape index (κ1) is 15.8. The largest absolute Gasteiger partial charge is 0.467 e. The van der Waals surface area contributed by atoms with Gasteiger partial charge >= 0.3 is 0 Å². The van der Waals surface area contributed by atoms with Crippen molar-refractivity contribution < 1.29 is 14.0 Å². The number of hydrogen-bond donors (Lipinski definition) is 1. The predicted octanol–water partition coefficient (Wildman–Crippen LogP) is 2.63. The normalized spacial score (nSPS) is 21.4. The van der Waals surface area contributed by atoms with Gasteiger partial charge in [-0.25, -0.2) is 0 Å². The first-order valence-corrected chi connectivity index (χ1v) is 8.48. The van der Waals surface area contributed by atoms with E-state index in [9.17, 15) is 9.59 Å². The fourth-order valence-electron chi connectivity index (χ4n) is 3.31. The van der Waals surface area contributed by atoms with Crippen LogP contribution in [0.3, 0.4) is 0 Å². The van der Waals surface area contributed by atoms with Gasteiger partial charge in [0.1, 0.15) is 5.76 Å². The Balaban J connectivity index is 1.43. The number of carbonyl (C=O) groups is 2. The summed E-state index contributed by atoms with van der Waals surface area (Å²) in [5, 5.41) is 2.99. The van der Waals surface area contributed by atoms with Gasteiger partial charge in [-0.15, -0.1) is 0 Å². The molecule has 1 aliphatic carbocycles. The number of likely N-dealkylation sites (tertiary alicyclic amines) is 1. The van der Waals surface area contributed by atoms with E-state index in [4.69, 9.17) is 4.42 Å². The van der Waals surface area contributed by atoms with E-state index in [1.807, 2.05) is 6.07 Å². The van der Waals surface area contributed by atoms with Crippen LogP contribution in [0, 0.1) is 5.92 Å². The van der Waals surface area contributed by atoms with Crippen molar-refractivity contribution in [2.24, 2.45) is 5.92 Å². The molecule has 5 nitrogen and oxygen atoms in total. The maximum absolute atomic E-state index is 12.2. The number of rotatable bonds is 6. The molecule has 2 heterocycles. The molecule has 1 aliphatic heterocycles. The minimum atomic E-state index is -0.238. The maximum atomic E-state index is 12.2. The van der Waals surface area contributed by atoms with Gasteiger partial charge in [-0.2, -0.15) is 0 Å². The van der Waals surface area contributed by atoms with Gasteiger partial charge in [0.25, 0.3) is 0 Å². The van der Waals surface area contributed by atoms with Crippen LogP contribution in [-0.4, -0.2) is 29.8 Å². The number of furan rings is 1. The first-order chi connectivity index (χ1) is 11.2. The molecule has 1 aromatic rings. The van der Waals surface area contributed by atoms with Crippen molar-refractivity contribution >= 4 is 11.8 Å². The summed E-state index contributed by atoms with van der Waals surface area (Å²) in [7, 11) is 0. The highest BCUT2D eigenvalue weighted by Gasteiger charge is 2.34. The zero-order valence-electron chi connectivity index (χ0n) is 13.4. The Morgan fingerprint density at radius 1 is 1.39 bits per heavy atom. The standard InChI is InChI=1S/C18H24N2O3/c21-17-11-15(12-20(17)13-16-7-4-10-23-16)18(22)19-9-8-14-5-2-1-3-6-14/h4-5,7,10,15H,1-3,6,8-9,11-13H2,(H,19,22). The van der Waals surface area contributed by atoms with Gasteiger partial charge < -0.3 is 14.6 Å². The molecule has 5 heteroatoms. The summed E-state index contributed by atoms with van der Waals surface area (Å²) in [6.45, 7) is 1.60. The Labute approximate surface area is 136 Å². The van der Waals surface area contributed by atoms with Crippen LogP contribution in [0.5, 0.6) is 0 Å². The smallest absolute Gasteiger partial charge is 0.225 e. The van der Waals surface area contributed by atoms with Gasteiger partial charge in [-0.3, -0.25) is 9.59 Å². The summed E-state index contributed by atoms with van der Waals surface area (Å²) in [4.78, 5) is 26.0. The molecule has 1 N–H and O–H groups in total. The molecule has 1 atom stereocenters. The van der Waals surface area contributed by atoms with Crippen LogP contribution in [-0.2, 0) is 16.1 Å². The molecule has 0 saturated carbocycles. The zero-order chi connectivity index (χ0) is 16.1. The summed E-state index contributed by atoms with van der Waals surface area (Å²) in [6, 6.07) is 3.65. The molecular formula is C18H24N2O3. The molecule has 0 spiro atoms. The number of carbonyl (C=O) groups excluding carboxylic acids is 2. The van der Waals surface area contributed by atoms with E-state index in [-0.39, 0.29) is 17.7 Å². The Hall–Kier alpha value is -2.04. The second-order valence-corrected chi connectivity index (χ2v) is 6.40. The van der Waals surface area contributed by atoms with Crippen LogP contribution in [0.1, 0.15) is 44.3 Å². The van der Waals surface area contributed by atoms with E-state index >= 15 is 0 Å². The van der Waals surface area contributed by atoms with Crippen molar-refractivity contribution in [2.75, 3.05) is 13.1 Å². The van der Waals surface area contributed by atoms with Crippen LogP contribution >= 0.6 is 0 Å². The number of hydrogen-bond acceptors (Lipinski definition) is 3. The Kier molecular flexibility index (Phi) is 5.16. The third-order valence-electron chi connectivity index (χ3n) is 4.64. The van der Waals surface area contributed by atoms with E-state index in [1.54, 1.807) is 17.2 Å². The summed E-state index contributed by atoms with van der Waals surface area (Å²) in [5.74, 6) is 0.537. The van der Waals surface area contributed by atoms with Crippen LogP contribution in [0.25, 0.3) is 0 Å². The van der Waals surface area contributed by atoms with Crippen molar-refractivity contribution in [1.82, 2.24) is 10.2 Å². The number of amides is 2. The van der Waals surface area contributed by atoms with Gasteiger partial charge in [-0.05, 0) is 44.2 Å². The van der Waals surface area contributed by atoms with Crippen LogP contribution in [0.4, 0.5) is 0 Å². The van der Waals surface area contributed by atoms with E-state index in [0.29, 0.717) is 26.1 Å². The van der Waals surface area contributed by atoms with Gasteiger partial charge in [0.05, 0.1) is 18.7 Å². The monoisotopic (exact) mass is 316 g/mol. The summed E-state index contributed by atoms with van der Waals surface area (Å²) in [5.41, 5.74) is 1.46. The van der Waals surface area contributed by atoms with Crippen molar-refractivity contribution in [3.8, 4) is 0 Å². The van der Waals surface area contributed by atoms with E-state index in [0.717, 1.165) is 18.6 Å². The van der Waals surface area contributed by atoms with Gasteiger partial charge in [-0.1, -0.05) is 11.6 Å². The Morgan fingerprint density at radius 2 is 2.30 bits per heavy atom. The average Bonchev–Trinajstić information content (AvgIpc) is 3.19.